The van der Waals surface area contributed by atoms with Gasteiger partial charge < -0.3 is 15.1 Å². The predicted octanol–water partition coefficient (Wildman–Crippen LogP) is 4.37. The van der Waals surface area contributed by atoms with Gasteiger partial charge in [0.2, 0.25) is 0 Å². The molecule has 27 heavy (non-hydrogen) atoms. The normalized spacial score (nSPS) is 15.8. The highest BCUT2D eigenvalue weighted by atomic mass is 35.5. The van der Waals surface area contributed by atoms with Crippen molar-refractivity contribution in [1.82, 2.24) is 10.2 Å². The molecule has 0 saturated carbocycles. The molecule has 1 atom stereocenters. The Balaban J connectivity index is 1.69. The number of nitrogens with zero attached hydrogens (tertiary/aromatic N) is 2. The smallest absolute Gasteiger partial charge is 0.317 e. The molecule has 0 saturated heterocycles. The van der Waals surface area contributed by atoms with Gasteiger partial charge in [-0.1, -0.05) is 59.2 Å². The van der Waals surface area contributed by atoms with E-state index in [4.69, 9.17) is 16.4 Å². The van der Waals surface area contributed by atoms with Crippen LogP contribution in [0.4, 0.5) is 4.79 Å². The fourth-order valence-electron chi connectivity index (χ4n) is 3.14. The second-order valence-electron chi connectivity index (χ2n) is 6.59. The lowest BCUT2D eigenvalue weighted by Crippen LogP contribution is -2.43. The fourth-order valence-corrected chi connectivity index (χ4v) is 3.34. The lowest BCUT2D eigenvalue weighted by Gasteiger charge is -2.25. The van der Waals surface area contributed by atoms with Gasteiger partial charge in [0.1, 0.15) is 0 Å². The molecule has 0 aliphatic carbocycles. The van der Waals surface area contributed by atoms with Crippen LogP contribution in [0.1, 0.15) is 30.0 Å². The van der Waals surface area contributed by atoms with E-state index < -0.39 is 0 Å². The summed E-state index contributed by atoms with van der Waals surface area (Å²) >= 11 is 6.28. The van der Waals surface area contributed by atoms with Gasteiger partial charge in [0.05, 0.1) is 12.3 Å². The van der Waals surface area contributed by atoms with Crippen LogP contribution in [-0.4, -0.2) is 35.8 Å². The second kappa shape index (κ2) is 8.91. The summed E-state index contributed by atoms with van der Waals surface area (Å²) in [5.74, 6) is 0. The number of carbonyl (C=O) groups excluding carboxylic acids is 1. The SMILES string of the molecule is CCNC(=O)N(Cc1ccccc1Cl)C[C@@H]1CC(c2ccccc2C)=NO1. The zero-order valence-electron chi connectivity index (χ0n) is 15.6. The minimum Gasteiger partial charge on any atom is -0.390 e. The van der Waals surface area contributed by atoms with Gasteiger partial charge in [-0.2, -0.15) is 0 Å². The summed E-state index contributed by atoms with van der Waals surface area (Å²) in [6.07, 6.45) is 0.494. The Kier molecular flexibility index (Phi) is 6.35. The highest BCUT2D eigenvalue weighted by Gasteiger charge is 2.27. The monoisotopic (exact) mass is 385 g/mol. The molecule has 0 radical (unpaired) electrons. The van der Waals surface area contributed by atoms with Crippen molar-refractivity contribution in [2.45, 2.75) is 32.9 Å². The average molecular weight is 386 g/mol. The van der Waals surface area contributed by atoms with E-state index in [0.717, 1.165) is 22.4 Å². The quantitative estimate of drug-likeness (QED) is 0.802. The standard InChI is InChI=1S/C21H24ClN3O2/c1-3-23-21(26)25(13-16-9-5-7-11-19(16)22)14-17-12-20(24-27-17)18-10-6-4-8-15(18)2/h4-11,17H,3,12-14H2,1-2H3,(H,23,26)/t17-/m0/s1. The Morgan fingerprint density at radius 1 is 1.26 bits per heavy atom. The lowest BCUT2D eigenvalue weighted by atomic mass is 10.0. The molecule has 0 spiro atoms. The molecule has 142 valence electrons. The van der Waals surface area contributed by atoms with Crippen molar-refractivity contribution in [3.63, 3.8) is 0 Å². The molecule has 0 bridgehead atoms. The number of oxime groups is 1. The van der Waals surface area contributed by atoms with Gasteiger partial charge in [0.25, 0.3) is 0 Å². The molecule has 0 fully saturated rings. The molecule has 1 aliphatic heterocycles. The predicted molar refractivity (Wildman–Crippen MR) is 108 cm³/mol. The molecule has 1 N–H and O–H groups in total. The first-order valence-corrected chi connectivity index (χ1v) is 9.51. The zero-order chi connectivity index (χ0) is 19.2. The molecule has 2 amide bonds. The zero-order valence-corrected chi connectivity index (χ0v) is 16.4. The van der Waals surface area contributed by atoms with E-state index in [0.29, 0.717) is 31.1 Å². The molecular formula is C21H24ClN3O2. The molecule has 1 heterocycles. The van der Waals surface area contributed by atoms with Crippen molar-refractivity contribution in [2.24, 2.45) is 5.16 Å². The molecule has 0 aromatic heterocycles. The van der Waals surface area contributed by atoms with Gasteiger partial charge in [-0.05, 0) is 31.0 Å². The number of halogens is 1. The molecule has 2 aromatic carbocycles. The van der Waals surface area contributed by atoms with E-state index >= 15 is 0 Å². The van der Waals surface area contributed by atoms with E-state index in [2.05, 4.69) is 23.5 Å². The summed E-state index contributed by atoms with van der Waals surface area (Å²) in [5.41, 5.74) is 4.09. The number of benzene rings is 2. The number of hydrogen-bond donors (Lipinski definition) is 1. The Morgan fingerprint density at radius 3 is 2.74 bits per heavy atom. The number of nitrogens with one attached hydrogen (secondary N) is 1. The highest BCUT2D eigenvalue weighted by molar-refractivity contribution is 6.31. The first-order valence-electron chi connectivity index (χ1n) is 9.13. The third-order valence-corrected chi connectivity index (χ3v) is 4.92. The van der Waals surface area contributed by atoms with Gasteiger partial charge >= 0.3 is 6.03 Å². The summed E-state index contributed by atoms with van der Waals surface area (Å²) in [5, 5.41) is 7.77. The summed E-state index contributed by atoms with van der Waals surface area (Å²) in [6, 6.07) is 15.5. The van der Waals surface area contributed by atoms with Crippen molar-refractivity contribution < 1.29 is 9.63 Å². The summed E-state index contributed by atoms with van der Waals surface area (Å²) in [6.45, 7) is 5.38. The van der Waals surface area contributed by atoms with Crippen LogP contribution in [0.2, 0.25) is 5.02 Å². The average Bonchev–Trinajstić information content (AvgIpc) is 3.12. The maximum Gasteiger partial charge on any atom is 0.317 e. The van der Waals surface area contributed by atoms with Gasteiger partial charge in [-0.15, -0.1) is 0 Å². The van der Waals surface area contributed by atoms with Crippen molar-refractivity contribution in [2.75, 3.05) is 13.1 Å². The number of urea groups is 1. The summed E-state index contributed by atoms with van der Waals surface area (Å²) in [4.78, 5) is 19.9. The van der Waals surface area contributed by atoms with Crippen molar-refractivity contribution in [3.8, 4) is 0 Å². The van der Waals surface area contributed by atoms with Crippen LogP contribution in [-0.2, 0) is 11.4 Å². The lowest BCUT2D eigenvalue weighted by molar-refractivity contribution is 0.0590. The number of carbonyl (C=O) groups is 1. The van der Waals surface area contributed by atoms with Crippen LogP contribution in [0.5, 0.6) is 0 Å². The molecule has 6 heteroatoms. The highest BCUT2D eigenvalue weighted by Crippen LogP contribution is 2.22. The van der Waals surface area contributed by atoms with Crippen LogP contribution in [0.3, 0.4) is 0 Å². The first-order chi connectivity index (χ1) is 13.1. The molecule has 5 nitrogen and oxygen atoms in total. The first kappa shape index (κ1) is 19.2. The van der Waals surface area contributed by atoms with Crippen molar-refractivity contribution in [3.05, 3.63) is 70.2 Å². The van der Waals surface area contributed by atoms with Gasteiger partial charge in [0.15, 0.2) is 6.10 Å². The van der Waals surface area contributed by atoms with E-state index in [9.17, 15) is 4.79 Å². The minimum atomic E-state index is -0.176. The minimum absolute atomic E-state index is 0.134. The van der Waals surface area contributed by atoms with E-state index in [1.54, 1.807) is 4.90 Å². The van der Waals surface area contributed by atoms with Crippen LogP contribution >= 0.6 is 11.6 Å². The Labute approximate surface area is 165 Å². The van der Waals surface area contributed by atoms with Crippen LogP contribution in [0.25, 0.3) is 0 Å². The summed E-state index contributed by atoms with van der Waals surface area (Å²) in [7, 11) is 0. The molecule has 3 rings (SSSR count). The molecule has 1 aliphatic rings. The third kappa shape index (κ3) is 4.80. The van der Waals surface area contributed by atoms with E-state index in [1.165, 1.54) is 0 Å². The fraction of sp³-hybridized carbons (Fsp3) is 0.333. The van der Waals surface area contributed by atoms with Crippen molar-refractivity contribution in [1.29, 1.82) is 0 Å². The topological polar surface area (TPSA) is 53.9 Å². The number of rotatable bonds is 6. The third-order valence-electron chi connectivity index (χ3n) is 4.55. The van der Waals surface area contributed by atoms with Crippen molar-refractivity contribution >= 4 is 23.3 Å². The number of aryl methyl sites for hydroxylation is 1. The maximum absolute atomic E-state index is 12.5. The maximum atomic E-state index is 12.5. The van der Waals surface area contributed by atoms with Crippen LogP contribution in [0.15, 0.2) is 53.7 Å². The Hall–Kier alpha value is -2.53. The Bertz CT molecular complexity index is 838. The molecule has 0 unspecified atom stereocenters. The Morgan fingerprint density at radius 2 is 2.00 bits per heavy atom. The van der Waals surface area contributed by atoms with Gasteiger partial charge in [0, 0.05) is 30.1 Å². The van der Waals surface area contributed by atoms with Crippen LogP contribution < -0.4 is 5.32 Å². The number of amides is 2. The summed E-state index contributed by atoms with van der Waals surface area (Å²) < 4.78 is 0. The molecule has 2 aromatic rings. The molecular weight excluding hydrogens is 362 g/mol. The van der Waals surface area contributed by atoms with E-state index in [1.807, 2.05) is 49.4 Å². The van der Waals surface area contributed by atoms with Gasteiger partial charge in [-0.3, -0.25) is 0 Å². The van der Waals surface area contributed by atoms with Crippen LogP contribution in [0, 0.1) is 6.92 Å². The largest absolute Gasteiger partial charge is 0.390 e. The number of hydrogen-bond acceptors (Lipinski definition) is 3. The second-order valence-corrected chi connectivity index (χ2v) is 7.00. The van der Waals surface area contributed by atoms with Gasteiger partial charge in [-0.25, -0.2) is 4.79 Å². The van der Waals surface area contributed by atoms with E-state index in [-0.39, 0.29) is 12.1 Å².